The normalized spacial score (nSPS) is 17.7. The standard InChI is InChI=1S/C25H36N2O8.C4H4O4/c1-15-9-19(28)20(29)10-18(15)22(31)34-13-17(35-23(32)25(4)6-7-25)11-27-24(2,3)14-26-21(30)16-5-8-33-12-16;5-3(6)1-2-4(7)8/h9-10,16-17,27-29H,5-8,11-14H2,1-4H3,(H,26,30);1-2H,(H,5,6)(H,7,8)/b;2-1+. The Morgan fingerprint density at radius 2 is 1.70 bits per heavy atom. The minimum atomic E-state index is -1.26. The molecule has 1 heterocycles. The first-order valence-corrected chi connectivity index (χ1v) is 13.7. The van der Waals surface area contributed by atoms with Crippen LogP contribution in [-0.2, 0) is 33.4 Å². The molecule has 1 aliphatic heterocycles. The lowest BCUT2D eigenvalue weighted by Gasteiger charge is -2.30. The number of nitrogens with one attached hydrogen (secondary N) is 2. The van der Waals surface area contributed by atoms with Gasteiger partial charge in [0.25, 0.3) is 0 Å². The predicted molar refractivity (Wildman–Crippen MR) is 150 cm³/mol. The van der Waals surface area contributed by atoms with Crippen molar-refractivity contribution < 1.29 is 58.6 Å². The molecular formula is C29H40N2O12. The average Bonchev–Trinajstić information content (AvgIpc) is 3.45. The monoisotopic (exact) mass is 608 g/mol. The highest BCUT2D eigenvalue weighted by Crippen LogP contribution is 2.46. The van der Waals surface area contributed by atoms with E-state index in [9.17, 15) is 34.2 Å². The summed E-state index contributed by atoms with van der Waals surface area (Å²) in [4.78, 5) is 56.6. The number of phenolic OH excluding ortho intramolecular Hbond substituents is 2. The number of amides is 1. The number of esters is 2. The summed E-state index contributed by atoms with van der Waals surface area (Å²) in [6.45, 7) is 8.64. The van der Waals surface area contributed by atoms with Crippen LogP contribution in [0.15, 0.2) is 24.3 Å². The van der Waals surface area contributed by atoms with Crippen LogP contribution >= 0.6 is 0 Å². The molecule has 0 aromatic heterocycles. The lowest BCUT2D eigenvalue weighted by molar-refractivity contribution is -0.157. The predicted octanol–water partition coefficient (Wildman–Crippen LogP) is 1.51. The Hall–Kier alpha value is -4.17. The molecule has 238 valence electrons. The zero-order valence-electron chi connectivity index (χ0n) is 24.7. The van der Waals surface area contributed by atoms with Gasteiger partial charge in [-0.25, -0.2) is 14.4 Å². The highest BCUT2D eigenvalue weighted by Gasteiger charge is 2.47. The third kappa shape index (κ3) is 11.9. The minimum Gasteiger partial charge on any atom is -0.504 e. The lowest BCUT2D eigenvalue weighted by atomic mass is 10.0. The number of ether oxygens (including phenoxy) is 3. The molecule has 6 N–H and O–H groups in total. The van der Waals surface area contributed by atoms with Crippen molar-refractivity contribution in [2.75, 3.05) is 32.9 Å². The number of hydrogen-bond acceptors (Lipinski definition) is 11. The Kier molecular flexibility index (Phi) is 12.5. The van der Waals surface area contributed by atoms with E-state index in [2.05, 4.69) is 10.6 Å². The second kappa shape index (κ2) is 15.3. The molecule has 0 radical (unpaired) electrons. The summed E-state index contributed by atoms with van der Waals surface area (Å²) in [7, 11) is 0. The van der Waals surface area contributed by atoms with Crippen LogP contribution in [0.4, 0.5) is 0 Å². The Bertz CT molecular complexity index is 1200. The highest BCUT2D eigenvalue weighted by atomic mass is 16.6. The van der Waals surface area contributed by atoms with E-state index < -0.39 is 40.7 Å². The van der Waals surface area contributed by atoms with Gasteiger partial charge in [0.2, 0.25) is 5.91 Å². The van der Waals surface area contributed by atoms with E-state index in [1.54, 1.807) is 6.92 Å². The van der Waals surface area contributed by atoms with E-state index in [0.29, 0.717) is 43.9 Å². The van der Waals surface area contributed by atoms with Gasteiger partial charge >= 0.3 is 23.9 Å². The minimum absolute atomic E-state index is 0.0524. The molecule has 1 aromatic carbocycles. The number of carbonyl (C=O) groups excluding carboxylic acids is 3. The summed E-state index contributed by atoms with van der Waals surface area (Å²) in [5, 5.41) is 41.2. The number of phenols is 2. The number of aliphatic carboxylic acids is 2. The van der Waals surface area contributed by atoms with Crippen molar-refractivity contribution in [3.63, 3.8) is 0 Å². The van der Waals surface area contributed by atoms with Crippen molar-refractivity contribution in [3.05, 3.63) is 35.4 Å². The number of benzene rings is 1. The first-order chi connectivity index (χ1) is 20.0. The molecular weight excluding hydrogens is 568 g/mol. The Labute approximate surface area is 249 Å². The highest BCUT2D eigenvalue weighted by molar-refractivity contribution is 5.92. The zero-order valence-corrected chi connectivity index (χ0v) is 24.7. The second-order valence-electron chi connectivity index (χ2n) is 11.4. The van der Waals surface area contributed by atoms with Crippen LogP contribution in [0.2, 0.25) is 0 Å². The lowest BCUT2D eigenvalue weighted by Crippen LogP contribution is -2.53. The van der Waals surface area contributed by atoms with Crippen LogP contribution in [0.3, 0.4) is 0 Å². The molecule has 1 amide bonds. The summed E-state index contributed by atoms with van der Waals surface area (Å²) >= 11 is 0. The molecule has 14 nitrogen and oxygen atoms in total. The van der Waals surface area contributed by atoms with Crippen LogP contribution in [0.1, 0.15) is 56.0 Å². The molecule has 2 atom stereocenters. The summed E-state index contributed by atoms with van der Waals surface area (Å²) in [5.74, 6) is -4.51. The Morgan fingerprint density at radius 3 is 2.23 bits per heavy atom. The van der Waals surface area contributed by atoms with E-state index in [0.717, 1.165) is 18.9 Å². The molecule has 1 saturated heterocycles. The number of carbonyl (C=O) groups is 5. The van der Waals surface area contributed by atoms with Gasteiger partial charge in [-0.1, -0.05) is 0 Å². The number of rotatable bonds is 13. The molecule has 1 saturated carbocycles. The van der Waals surface area contributed by atoms with Gasteiger partial charge in [-0.2, -0.15) is 0 Å². The van der Waals surface area contributed by atoms with Gasteiger partial charge in [0.15, 0.2) is 11.5 Å². The number of carboxylic acid groups (broad SMARTS) is 2. The summed E-state index contributed by atoms with van der Waals surface area (Å²) < 4.78 is 16.3. The van der Waals surface area contributed by atoms with Gasteiger partial charge in [0, 0.05) is 37.4 Å². The van der Waals surface area contributed by atoms with Crippen LogP contribution < -0.4 is 10.6 Å². The summed E-state index contributed by atoms with van der Waals surface area (Å²) in [5.41, 5.74) is -0.487. The molecule has 1 aromatic rings. The summed E-state index contributed by atoms with van der Waals surface area (Å²) in [6, 6.07) is 2.41. The molecule has 2 fully saturated rings. The fourth-order valence-electron chi connectivity index (χ4n) is 3.76. The van der Waals surface area contributed by atoms with Gasteiger partial charge in [0.05, 0.1) is 23.5 Å². The van der Waals surface area contributed by atoms with Gasteiger partial charge in [-0.3, -0.25) is 9.59 Å². The number of carboxylic acids is 2. The van der Waals surface area contributed by atoms with Crippen LogP contribution in [-0.4, -0.2) is 94.8 Å². The smallest absolute Gasteiger partial charge is 0.338 e. The number of hydrogen-bond donors (Lipinski definition) is 6. The third-order valence-corrected chi connectivity index (χ3v) is 6.89. The Balaban J connectivity index is 0.000000708. The van der Waals surface area contributed by atoms with Gasteiger partial charge in [0.1, 0.15) is 12.7 Å². The molecule has 2 unspecified atom stereocenters. The molecule has 0 bridgehead atoms. The van der Waals surface area contributed by atoms with Crippen molar-refractivity contribution in [2.24, 2.45) is 11.3 Å². The molecule has 3 rings (SSSR count). The van der Waals surface area contributed by atoms with Crippen molar-refractivity contribution in [1.82, 2.24) is 10.6 Å². The van der Waals surface area contributed by atoms with Crippen molar-refractivity contribution in [2.45, 2.75) is 58.6 Å². The molecule has 43 heavy (non-hydrogen) atoms. The maximum atomic E-state index is 12.6. The SMILES string of the molecule is Cc1cc(O)c(O)cc1C(=O)OCC(CNC(C)(C)CNC(=O)C1CCOC1)OC(=O)C1(C)CC1.O=C(O)/C=C/C(=O)O. The van der Waals surface area contributed by atoms with E-state index in [-0.39, 0.29) is 42.3 Å². The van der Waals surface area contributed by atoms with Crippen LogP contribution in [0.25, 0.3) is 0 Å². The fraction of sp³-hybridized carbons (Fsp3) is 0.552. The fourth-order valence-corrected chi connectivity index (χ4v) is 3.76. The maximum Gasteiger partial charge on any atom is 0.338 e. The largest absolute Gasteiger partial charge is 0.504 e. The van der Waals surface area contributed by atoms with E-state index in [1.807, 2.05) is 20.8 Å². The van der Waals surface area contributed by atoms with Gasteiger partial charge < -0.3 is 45.3 Å². The summed E-state index contributed by atoms with van der Waals surface area (Å²) in [6.07, 6.45) is 2.57. The maximum absolute atomic E-state index is 12.6. The van der Waals surface area contributed by atoms with Gasteiger partial charge in [-0.05, 0) is 64.7 Å². The Morgan fingerprint density at radius 1 is 1.09 bits per heavy atom. The van der Waals surface area contributed by atoms with E-state index in [4.69, 9.17) is 24.4 Å². The zero-order chi connectivity index (χ0) is 32.4. The molecule has 0 spiro atoms. The van der Waals surface area contributed by atoms with Crippen LogP contribution in [0.5, 0.6) is 11.5 Å². The van der Waals surface area contributed by atoms with Crippen LogP contribution in [0, 0.1) is 18.3 Å². The first-order valence-electron chi connectivity index (χ1n) is 13.7. The number of aryl methyl sites for hydroxylation is 1. The van der Waals surface area contributed by atoms with Crippen molar-refractivity contribution >= 4 is 29.8 Å². The van der Waals surface area contributed by atoms with Crippen molar-refractivity contribution in [3.8, 4) is 11.5 Å². The topological polar surface area (TPSA) is 218 Å². The first kappa shape index (κ1) is 35.0. The van der Waals surface area contributed by atoms with Crippen molar-refractivity contribution in [1.29, 1.82) is 0 Å². The molecule has 1 aliphatic carbocycles. The van der Waals surface area contributed by atoms with E-state index >= 15 is 0 Å². The molecule has 14 heteroatoms. The van der Waals surface area contributed by atoms with Gasteiger partial charge in [-0.15, -0.1) is 0 Å². The quantitative estimate of drug-likeness (QED) is 0.106. The third-order valence-electron chi connectivity index (χ3n) is 6.89. The van der Waals surface area contributed by atoms with E-state index in [1.165, 1.54) is 6.07 Å². The second-order valence-corrected chi connectivity index (χ2v) is 11.4. The average molecular weight is 609 g/mol. The molecule has 2 aliphatic rings. The number of aromatic hydroxyl groups is 2.